The number of nitrogens with one attached hydrogen (secondary N) is 2. The molecule has 0 radical (unpaired) electrons. The third-order valence-corrected chi connectivity index (χ3v) is 3.35. The van der Waals surface area contributed by atoms with Crippen LogP contribution in [0.4, 0.5) is 10.5 Å². The lowest BCUT2D eigenvalue weighted by Gasteiger charge is -2.11. The molecular weight excluding hydrogens is 300 g/mol. The lowest BCUT2D eigenvalue weighted by molar-refractivity contribution is 0.247. The number of urea groups is 1. The molecule has 0 aliphatic carbocycles. The highest BCUT2D eigenvalue weighted by Gasteiger charge is 2.04. The van der Waals surface area contributed by atoms with Gasteiger partial charge in [-0.15, -0.1) is 0 Å². The molecule has 4 nitrogen and oxygen atoms in total. The van der Waals surface area contributed by atoms with Gasteiger partial charge in [-0.3, -0.25) is 0 Å². The molecule has 116 valence electrons. The van der Waals surface area contributed by atoms with Crippen LogP contribution in [0.2, 0.25) is 5.02 Å². The second-order valence-corrected chi connectivity index (χ2v) is 5.44. The van der Waals surface area contributed by atoms with Gasteiger partial charge in [0.25, 0.3) is 0 Å². The van der Waals surface area contributed by atoms with Gasteiger partial charge < -0.3 is 15.4 Å². The predicted octanol–water partition coefficient (Wildman–Crippen LogP) is 4.16. The van der Waals surface area contributed by atoms with Crippen LogP contribution in [0.5, 0.6) is 5.75 Å². The van der Waals surface area contributed by atoms with Crippen LogP contribution < -0.4 is 15.4 Å². The Morgan fingerprint density at radius 2 is 1.86 bits per heavy atom. The summed E-state index contributed by atoms with van der Waals surface area (Å²) in [6.07, 6.45) is 0. The normalized spacial score (nSPS) is 10.1. The number of halogens is 1. The second kappa shape index (κ2) is 7.71. The average Bonchev–Trinajstić information content (AvgIpc) is 2.48. The Bertz CT molecular complexity index is 642. The number of carbonyl (C=O) groups is 1. The molecule has 0 atom stereocenters. The summed E-state index contributed by atoms with van der Waals surface area (Å²) in [5.74, 6) is 0.723. The number of hydrogen-bond donors (Lipinski definition) is 2. The van der Waals surface area contributed by atoms with E-state index in [2.05, 4.69) is 10.6 Å². The lowest BCUT2D eigenvalue weighted by Crippen LogP contribution is -2.32. The molecule has 0 heterocycles. The molecule has 2 aromatic rings. The molecular formula is C17H19ClN2O2. The Balaban J connectivity index is 1.72. The Labute approximate surface area is 135 Å². The summed E-state index contributed by atoms with van der Waals surface area (Å²) in [5.41, 5.74) is 3.01. The van der Waals surface area contributed by atoms with E-state index >= 15 is 0 Å². The van der Waals surface area contributed by atoms with Crippen LogP contribution in [0, 0.1) is 13.8 Å². The number of hydrogen-bond acceptors (Lipinski definition) is 2. The van der Waals surface area contributed by atoms with Gasteiger partial charge in [0.1, 0.15) is 12.4 Å². The number of carbonyl (C=O) groups excluding carboxylic acids is 1. The van der Waals surface area contributed by atoms with E-state index in [9.17, 15) is 4.79 Å². The van der Waals surface area contributed by atoms with E-state index in [1.807, 2.05) is 32.0 Å². The van der Waals surface area contributed by atoms with Gasteiger partial charge in [0.05, 0.1) is 6.54 Å². The van der Waals surface area contributed by atoms with Gasteiger partial charge >= 0.3 is 6.03 Å². The van der Waals surface area contributed by atoms with E-state index in [-0.39, 0.29) is 6.03 Å². The maximum atomic E-state index is 11.8. The van der Waals surface area contributed by atoms with Crippen LogP contribution in [-0.2, 0) is 0 Å². The summed E-state index contributed by atoms with van der Waals surface area (Å²) in [5, 5.41) is 6.24. The first-order valence-corrected chi connectivity index (χ1v) is 7.43. The fraction of sp³-hybridized carbons (Fsp3) is 0.235. The molecule has 2 aromatic carbocycles. The molecule has 0 aliphatic heterocycles. The highest BCUT2D eigenvalue weighted by Crippen LogP contribution is 2.16. The third kappa shape index (κ3) is 4.97. The summed E-state index contributed by atoms with van der Waals surface area (Å²) >= 11 is 5.79. The van der Waals surface area contributed by atoms with Crippen molar-refractivity contribution in [1.29, 1.82) is 0 Å². The number of aryl methyl sites for hydroxylation is 2. The summed E-state index contributed by atoms with van der Waals surface area (Å²) < 4.78 is 5.50. The minimum Gasteiger partial charge on any atom is -0.492 e. The van der Waals surface area contributed by atoms with E-state index in [1.165, 1.54) is 5.56 Å². The molecule has 0 unspecified atom stereocenters. The molecule has 5 heteroatoms. The van der Waals surface area contributed by atoms with Gasteiger partial charge in [-0.1, -0.05) is 29.3 Å². The predicted molar refractivity (Wildman–Crippen MR) is 89.9 cm³/mol. The van der Waals surface area contributed by atoms with Crippen molar-refractivity contribution in [2.24, 2.45) is 0 Å². The van der Waals surface area contributed by atoms with E-state index in [1.54, 1.807) is 24.3 Å². The molecule has 0 saturated heterocycles. The topological polar surface area (TPSA) is 50.4 Å². The Kier molecular flexibility index (Phi) is 5.67. The fourth-order valence-corrected chi connectivity index (χ4v) is 2.11. The lowest BCUT2D eigenvalue weighted by atomic mass is 10.1. The highest BCUT2D eigenvalue weighted by molar-refractivity contribution is 6.30. The quantitative estimate of drug-likeness (QED) is 0.813. The molecule has 2 rings (SSSR count). The number of amides is 2. The SMILES string of the molecule is Cc1ccc(NC(=O)NCCOc2ccc(Cl)cc2)c(C)c1. The van der Waals surface area contributed by atoms with E-state index in [4.69, 9.17) is 16.3 Å². The molecule has 2 amide bonds. The largest absolute Gasteiger partial charge is 0.492 e. The summed E-state index contributed by atoms with van der Waals surface area (Å²) in [4.78, 5) is 11.8. The van der Waals surface area contributed by atoms with E-state index in [0.717, 1.165) is 17.0 Å². The van der Waals surface area contributed by atoms with Gasteiger partial charge in [0.15, 0.2) is 0 Å². The average molecular weight is 319 g/mol. The van der Waals surface area contributed by atoms with Crippen molar-refractivity contribution in [3.63, 3.8) is 0 Å². The molecule has 22 heavy (non-hydrogen) atoms. The van der Waals surface area contributed by atoms with Gasteiger partial charge in [-0.05, 0) is 49.7 Å². The zero-order valence-electron chi connectivity index (χ0n) is 12.7. The Morgan fingerprint density at radius 1 is 1.14 bits per heavy atom. The minimum absolute atomic E-state index is 0.244. The molecule has 2 N–H and O–H groups in total. The van der Waals surface area contributed by atoms with E-state index in [0.29, 0.717) is 18.2 Å². The Morgan fingerprint density at radius 3 is 2.55 bits per heavy atom. The summed E-state index contributed by atoms with van der Waals surface area (Å²) in [6.45, 7) is 4.79. The van der Waals surface area contributed by atoms with Crippen LogP contribution in [0.25, 0.3) is 0 Å². The first-order chi connectivity index (χ1) is 10.5. The monoisotopic (exact) mass is 318 g/mol. The molecule has 0 bridgehead atoms. The van der Waals surface area contributed by atoms with Gasteiger partial charge in [-0.25, -0.2) is 4.79 Å². The highest BCUT2D eigenvalue weighted by atomic mass is 35.5. The second-order valence-electron chi connectivity index (χ2n) is 5.00. The van der Waals surface area contributed by atoms with Crippen LogP contribution in [0.3, 0.4) is 0 Å². The molecule has 0 aliphatic rings. The number of anilines is 1. The molecule has 0 fully saturated rings. The van der Waals surface area contributed by atoms with Gasteiger partial charge in [0, 0.05) is 10.7 Å². The van der Waals surface area contributed by atoms with Crippen molar-refractivity contribution >= 4 is 23.3 Å². The van der Waals surface area contributed by atoms with Crippen LogP contribution in [0.15, 0.2) is 42.5 Å². The number of rotatable bonds is 5. The molecule has 0 aromatic heterocycles. The van der Waals surface area contributed by atoms with Gasteiger partial charge in [-0.2, -0.15) is 0 Å². The van der Waals surface area contributed by atoms with Crippen LogP contribution >= 0.6 is 11.6 Å². The van der Waals surface area contributed by atoms with Crippen molar-refractivity contribution < 1.29 is 9.53 Å². The summed E-state index contributed by atoms with van der Waals surface area (Å²) in [7, 11) is 0. The van der Waals surface area contributed by atoms with Crippen molar-refractivity contribution in [1.82, 2.24) is 5.32 Å². The third-order valence-electron chi connectivity index (χ3n) is 3.10. The van der Waals surface area contributed by atoms with Crippen LogP contribution in [0.1, 0.15) is 11.1 Å². The zero-order chi connectivity index (χ0) is 15.9. The minimum atomic E-state index is -0.244. The zero-order valence-corrected chi connectivity index (χ0v) is 13.4. The fourth-order valence-electron chi connectivity index (χ4n) is 1.98. The molecule has 0 saturated carbocycles. The van der Waals surface area contributed by atoms with Crippen molar-refractivity contribution in [3.8, 4) is 5.75 Å². The Hall–Kier alpha value is -2.20. The first-order valence-electron chi connectivity index (χ1n) is 7.05. The number of benzene rings is 2. The van der Waals surface area contributed by atoms with E-state index < -0.39 is 0 Å². The maximum absolute atomic E-state index is 11.8. The van der Waals surface area contributed by atoms with Crippen molar-refractivity contribution in [2.45, 2.75) is 13.8 Å². The molecule has 0 spiro atoms. The first kappa shape index (κ1) is 16.2. The van der Waals surface area contributed by atoms with Crippen LogP contribution in [-0.4, -0.2) is 19.2 Å². The number of ether oxygens (including phenoxy) is 1. The summed E-state index contributed by atoms with van der Waals surface area (Å²) in [6, 6.07) is 12.7. The standard InChI is InChI=1S/C17H19ClN2O2/c1-12-3-8-16(13(2)11-12)20-17(21)19-9-10-22-15-6-4-14(18)5-7-15/h3-8,11H,9-10H2,1-2H3,(H2,19,20,21). The maximum Gasteiger partial charge on any atom is 0.319 e. The van der Waals surface area contributed by atoms with Crippen molar-refractivity contribution in [3.05, 3.63) is 58.6 Å². The smallest absolute Gasteiger partial charge is 0.319 e. The van der Waals surface area contributed by atoms with Crippen molar-refractivity contribution in [2.75, 3.05) is 18.5 Å². The van der Waals surface area contributed by atoms with Gasteiger partial charge in [0.2, 0.25) is 0 Å².